The van der Waals surface area contributed by atoms with Crippen LogP contribution in [0.25, 0.3) is 0 Å². The van der Waals surface area contributed by atoms with Crippen molar-refractivity contribution in [3.63, 3.8) is 0 Å². The number of sulfone groups is 1. The number of carbonyl (C=O) groups excluding carboxylic acids is 1. The first-order chi connectivity index (χ1) is 9.38. The van der Waals surface area contributed by atoms with Crippen molar-refractivity contribution in [1.29, 1.82) is 0 Å². The predicted octanol–water partition coefficient (Wildman–Crippen LogP) is 0.685. The molecular weight excluding hydrogens is 282 g/mol. The van der Waals surface area contributed by atoms with Crippen molar-refractivity contribution in [2.75, 3.05) is 12.3 Å². The van der Waals surface area contributed by atoms with Crippen LogP contribution in [0.15, 0.2) is 29.2 Å². The fraction of sp³-hybridized carbons (Fsp3) is 0.385. The minimum Gasteiger partial charge on any atom is -0.478 e. The van der Waals surface area contributed by atoms with Crippen molar-refractivity contribution >= 4 is 21.7 Å². The second kappa shape index (κ2) is 5.62. The van der Waals surface area contributed by atoms with Gasteiger partial charge in [0, 0.05) is 6.54 Å². The van der Waals surface area contributed by atoms with E-state index < -0.39 is 27.5 Å². The molecule has 0 saturated heterocycles. The second-order valence-electron chi connectivity index (χ2n) is 4.84. The van der Waals surface area contributed by atoms with E-state index in [0.717, 1.165) is 12.8 Å². The van der Waals surface area contributed by atoms with Crippen molar-refractivity contribution in [3.05, 3.63) is 29.8 Å². The molecule has 0 aliphatic heterocycles. The lowest BCUT2D eigenvalue weighted by molar-refractivity contribution is -0.118. The Hall–Kier alpha value is -1.89. The average Bonchev–Trinajstić information content (AvgIpc) is 3.20. The van der Waals surface area contributed by atoms with Crippen LogP contribution in [0.1, 0.15) is 23.2 Å². The Morgan fingerprint density at radius 1 is 1.20 bits per heavy atom. The summed E-state index contributed by atoms with van der Waals surface area (Å²) in [7, 11) is -3.73. The van der Waals surface area contributed by atoms with Gasteiger partial charge >= 0.3 is 5.97 Å². The molecule has 1 aromatic carbocycles. The Kier molecular flexibility index (Phi) is 4.08. The summed E-state index contributed by atoms with van der Waals surface area (Å²) in [6, 6.07) is 4.81. The minimum absolute atomic E-state index is 0.00198. The predicted molar refractivity (Wildman–Crippen MR) is 71.2 cm³/mol. The Balaban J connectivity index is 2.01. The van der Waals surface area contributed by atoms with E-state index in [0.29, 0.717) is 12.5 Å². The molecule has 108 valence electrons. The van der Waals surface area contributed by atoms with E-state index in [9.17, 15) is 18.0 Å². The molecule has 0 unspecified atom stereocenters. The Morgan fingerprint density at radius 2 is 1.80 bits per heavy atom. The first-order valence-electron chi connectivity index (χ1n) is 6.21. The van der Waals surface area contributed by atoms with Gasteiger partial charge in [-0.3, -0.25) is 4.79 Å². The van der Waals surface area contributed by atoms with Crippen LogP contribution in [0.4, 0.5) is 0 Å². The number of carboxylic acids is 1. The monoisotopic (exact) mass is 297 g/mol. The normalized spacial score (nSPS) is 14.8. The number of amides is 1. The van der Waals surface area contributed by atoms with Crippen LogP contribution < -0.4 is 5.32 Å². The lowest BCUT2D eigenvalue weighted by Crippen LogP contribution is -2.31. The maximum Gasteiger partial charge on any atom is 0.335 e. The fourth-order valence-electron chi connectivity index (χ4n) is 1.69. The Labute approximate surface area is 116 Å². The van der Waals surface area contributed by atoms with Gasteiger partial charge in [0.2, 0.25) is 5.91 Å². The largest absolute Gasteiger partial charge is 0.478 e. The van der Waals surface area contributed by atoms with Gasteiger partial charge < -0.3 is 10.4 Å². The van der Waals surface area contributed by atoms with E-state index in [2.05, 4.69) is 5.32 Å². The molecule has 1 aliphatic rings. The van der Waals surface area contributed by atoms with E-state index in [1.165, 1.54) is 24.3 Å². The van der Waals surface area contributed by atoms with Gasteiger partial charge in [0.15, 0.2) is 9.84 Å². The molecule has 20 heavy (non-hydrogen) atoms. The summed E-state index contributed by atoms with van der Waals surface area (Å²) in [6.45, 7) is 0.520. The number of carboxylic acid groups (broad SMARTS) is 1. The van der Waals surface area contributed by atoms with Crippen molar-refractivity contribution in [3.8, 4) is 0 Å². The third kappa shape index (κ3) is 3.80. The molecule has 0 spiro atoms. The van der Waals surface area contributed by atoms with Crippen LogP contribution in [-0.4, -0.2) is 37.7 Å². The molecule has 1 saturated carbocycles. The minimum atomic E-state index is -3.73. The first kappa shape index (κ1) is 14.5. The molecule has 0 radical (unpaired) electrons. The van der Waals surface area contributed by atoms with E-state index in [4.69, 9.17) is 5.11 Å². The highest BCUT2D eigenvalue weighted by molar-refractivity contribution is 7.92. The van der Waals surface area contributed by atoms with Crippen LogP contribution >= 0.6 is 0 Å². The van der Waals surface area contributed by atoms with Crippen LogP contribution in [0.5, 0.6) is 0 Å². The molecule has 0 bridgehead atoms. The third-order valence-electron chi connectivity index (χ3n) is 3.07. The van der Waals surface area contributed by atoms with Gasteiger partial charge in [-0.25, -0.2) is 13.2 Å². The lowest BCUT2D eigenvalue weighted by atomic mass is 10.2. The molecule has 1 aliphatic carbocycles. The van der Waals surface area contributed by atoms with Crippen molar-refractivity contribution in [2.24, 2.45) is 5.92 Å². The summed E-state index contributed by atoms with van der Waals surface area (Å²) in [5.41, 5.74) is 0.00198. The number of nitrogens with one attached hydrogen (secondary N) is 1. The van der Waals surface area contributed by atoms with Gasteiger partial charge in [-0.15, -0.1) is 0 Å². The van der Waals surface area contributed by atoms with E-state index >= 15 is 0 Å². The molecule has 1 amide bonds. The van der Waals surface area contributed by atoms with E-state index in [-0.39, 0.29) is 10.5 Å². The SMILES string of the molecule is O=C(CS(=O)(=O)c1ccc(C(=O)O)cc1)NCC1CC1. The summed E-state index contributed by atoms with van der Waals surface area (Å²) >= 11 is 0. The van der Waals surface area contributed by atoms with Crippen LogP contribution in [0, 0.1) is 5.92 Å². The number of hydrogen-bond donors (Lipinski definition) is 2. The maximum absolute atomic E-state index is 12.0. The van der Waals surface area contributed by atoms with Gasteiger partial charge in [-0.2, -0.15) is 0 Å². The van der Waals surface area contributed by atoms with Gasteiger partial charge in [0.05, 0.1) is 10.5 Å². The molecule has 6 nitrogen and oxygen atoms in total. The molecule has 7 heteroatoms. The summed E-state index contributed by atoms with van der Waals surface area (Å²) in [5.74, 6) is -1.79. The number of hydrogen-bond acceptors (Lipinski definition) is 4. The molecule has 1 aromatic rings. The highest BCUT2D eigenvalue weighted by Crippen LogP contribution is 2.27. The van der Waals surface area contributed by atoms with Crippen molar-refractivity contribution in [1.82, 2.24) is 5.32 Å². The zero-order valence-electron chi connectivity index (χ0n) is 10.7. The molecule has 0 aromatic heterocycles. The van der Waals surface area contributed by atoms with Gasteiger partial charge in [-0.05, 0) is 43.0 Å². The number of rotatable bonds is 6. The standard InChI is InChI=1S/C13H15NO5S/c15-12(14-7-9-1-2-9)8-20(18,19)11-5-3-10(4-6-11)13(16)17/h3-6,9H,1-2,7-8H2,(H,14,15)(H,16,17). The van der Waals surface area contributed by atoms with Crippen molar-refractivity contribution in [2.45, 2.75) is 17.7 Å². The first-order valence-corrected chi connectivity index (χ1v) is 7.86. The zero-order chi connectivity index (χ0) is 14.8. The summed E-state index contributed by atoms with van der Waals surface area (Å²) in [6.07, 6.45) is 2.15. The Bertz CT molecular complexity index is 617. The molecule has 2 N–H and O–H groups in total. The Morgan fingerprint density at radius 3 is 2.30 bits per heavy atom. The van der Waals surface area contributed by atoms with Gasteiger partial charge in [-0.1, -0.05) is 0 Å². The number of benzene rings is 1. The highest BCUT2D eigenvalue weighted by atomic mass is 32.2. The zero-order valence-corrected chi connectivity index (χ0v) is 11.5. The molecule has 2 rings (SSSR count). The smallest absolute Gasteiger partial charge is 0.335 e. The van der Waals surface area contributed by atoms with E-state index in [1.807, 2.05) is 0 Å². The molecule has 0 atom stereocenters. The number of carbonyl (C=O) groups is 2. The molecule has 1 fully saturated rings. The summed E-state index contributed by atoms with van der Waals surface area (Å²) < 4.78 is 24.0. The molecular formula is C13H15NO5S. The van der Waals surface area contributed by atoms with Gasteiger partial charge in [0.25, 0.3) is 0 Å². The van der Waals surface area contributed by atoms with Crippen LogP contribution in [0.3, 0.4) is 0 Å². The maximum atomic E-state index is 12.0. The van der Waals surface area contributed by atoms with E-state index in [1.54, 1.807) is 0 Å². The number of aromatic carboxylic acids is 1. The second-order valence-corrected chi connectivity index (χ2v) is 6.83. The van der Waals surface area contributed by atoms with Crippen molar-refractivity contribution < 1.29 is 23.1 Å². The fourth-order valence-corrected chi connectivity index (χ4v) is 2.86. The quantitative estimate of drug-likeness (QED) is 0.804. The topological polar surface area (TPSA) is 101 Å². The molecule has 0 heterocycles. The van der Waals surface area contributed by atoms with Crippen LogP contribution in [0.2, 0.25) is 0 Å². The average molecular weight is 297 g/mol. The highest BCUT2D eigenvalue weighted by Gasteiger charge is 2.24. The third-order valence-corrected chi connectivity index (χ3v) is 4.70. The van der Waals surface area contributed by atoms with Gasteiger partial charge in [0.1, 0.15) is 5.75 Å². The lowest BCUT2D eigenvalue weighted by Gasteiger charge is -2.06. The summed E-state index contributed by atoms with van der Waals surface area (Å²) in [5, 5.41) is 11.3. The summed E-state index contributed by atoms with van der Waals surface area (Å²) in [4.78, 5) is 22.2. The van der Waals surface area contributed by atoms with Crippen LogP contribution in [-0.2, 0) is 14.6 Å².